The summed E-state index contributed by atoms with van der Waals surface area (Å²) in [4.78, 5) is 29.8. The van der Waals surface area contributed by atoms with E-state index in [2.05, 4.69) is 9.97 Å². The molecule has 3 aromatic heterocycles. The molecule has 3 heterocycles. The Balaban J connectivity index is 2.17. The summed E-state index contributed by atoms with van der Waals surface area (Å²) in [5.74, 6) is -1.04. The Morgan fingerprint density at radius 3 is 2.85 bits per heavy atom. The van der Waals surface area contributed by atoms with Gasteiger partial charge in [-0.3, -0.25) is 14.3 Å². The van der Waals surface area contributed by atoms with Crippen LogP contribution in [0.15, 0.2) is 43.0 Å². The second-order valence-corrected chi connectivity index (χ2v) is 4.22. The van der Waals surface area contributed by atoms with Gasteiger partial charge in [0.25, 0.3) is 0 Å². The average Bonchev–Trinajstić information content (AvgIpc) is 2.90. The molecule has 0 atom stereocenters. The Morgan fingerprint density at radius 1 is 1.25 bits per heavy atom. The molecule has 3 rings (SSSR count). The summed E-state index contributed by atoms with van der Waals surface area (Å²) in [7, 11) is 0. The number of aromatic carboxylic acids is 1. The van der Waals surface area contributed by atoms with Gasteiger partial charge in [0.05, 0.1) is 17.4 Å². The summed E-state index contributed by atoms with van der Waals surface area (Å²) in [6, 6.07) is 5.05. The number of rotatable bonds is 3. The van der Waals surface area contributed by atoms with Gasteiger partial charge in [0, 0.05) is 29.5 Å². The fourth-order valence-corrected chi connectivity index (χ4v) is 1.99. The number of nitrogens with zero attached hydrogens (tertiary/aromatic N) is 3. The maximum Gasteiger partial charge on any atom is 0.337 e. The number of carboxylic acid groups (broad SMARTS) is 1. The van der Waals surface area contributed by atoms with Crippen molar-refractivity contribution in [2.45, 2.75) is 0 Å². The molecule has 0 radical (unpaired) electrons. The average molecular weight is 267 g/mol. The first kappa shape index (κ1) is 12.0. The third kappa shape index (κ3) is 1.93. The standard InChI is InChI=1S/C14H9N3O3/c18-8-9-3-10-1-2-17(13(10)16-5-9)12-4-11(14(19)20)6-15-7-12/h1-8H,(H,19,20). The van der Waals surface area contributed by atoms with Crippen molar-refractivity contribution in [3.05, 3.63) is 54.1 Å². The molecule has 0 aromatic carbocycles. The molecule has 1 N–H and O–H groups in total. The van der Waals surface area contributed by atoms with E-state index in [-0.39, 0.29) is 5.56 Å². The van der Waals surface area contributed by atoms with E-state index in [9.17, 15) is 9.59 Å². The first-order valence-corrected chi connectivity index (χ1v) is 5.80. The lowest BCUT2D eigenvalue weighted by molar-refractivity contribution is 0.0696. The van der Waals surface area contributed by atoms with Crippen molar-refractivity contribution in [2.24, 2.45) is 0 Å². The number of hydrogen-bond donors (Lipinski definition) is 1. The Bertz CT molecular complexity index is 823. The first-order valence-electron chi connectivity index (χ1n) is 5.80. The van der Waals surface area contributed by atoms with Crippen LogP contribution in [-0.2, 0) is 0 Å². The van der Waals surface area contributed by atoms with E-state index in [4.69, 9.17) is 5.11 Å². The van der Waals surface area contributed by atoms with Crippen LogP contribution in [0, 0.1) is 0 Å². The number of carboxylic acids is 1. The number of aldehydes is 1. The smallest absolute Gasteiger partial charge is 0.337 e. The summed E-state index contributed by atoms with van der Waals surface area (Å²) in [5.41, 5.74) is 1.84. The molecule has 0 fully saturated rings. The summed E-state index contributed by atoms with van der Waals surface area (Å²) in [6.07, 6.45) is 6.81. The Morgan fingerprint density at radius 2 is 2.10 bits per heavy atom. The molecule has 0 bridgehead atoms. The highest BCUT2D eigenvalue weighted by atomic mass is 16.4. The van der Waals surface area contributed by atoms with E-state index < -0.39 is 5.97 Å². The van der Waals surface area contributed by atoms with Gasteiger partial charge in [-0.2, -0.15) is 0 Å². The summed E-state index contributed by atoms with van der Waals surface area (Å²) in [6.45, 7) is 0. The van der Waals surface area contributed by atoms with E-state index in [1.165, 1.54) is 18.5 Å². The minimum absolute atomic E-state index is 0.105. The third-order valence-corrected chi connectivity index (χ3v) is 2.93. The van der Waals surface area contributed by atoms with Crippen LogP contribution >= 0.6 is 0 Å². The molecule has 20 heavy (non-hydrogen) atoms. The van der Waals surface area contributed by atoms with E-state index in [0.29, 0.717) is 16.9 Å². The van der Waals surface area contributed by atoms with Crippen LogP contribution in [0.3, 0.4) is 0 Å². The number of aromatic nitrogens is 3. The van der Waals surface area contributed by atoms with Gasteiger partial charge < -0.3 is 5.11 Å². The van der Waals surface area contributed by atoms with E-state index >= 15 is 0 Å². The van der Waals surface area contributed by atoms with E-state index in [1.807, 2.05) is 6.07 Å². The second-order valence-electron chi connectivity index (χ2n) is 4.22. The molecule has 0 saturated carbocycles. The Hall–Kier alpha value is -3.02. The second kappa shape index (κ2) is 4.58. The molecule has 0 aliphatic heterocycles. The van der Waals surface area contributed by atoms with Crippen LogP contribution in [-0.4, -0.2) is 31.9 Å². The molecule has 0 unspecified atom stereocenters. The maximum atomic E-state index is 11.0. The molecule has 3 aromatic rings. The van der Waals surface area contributed by atoms with Crippen molar-refractivity contribution >= 4 is 23.3 Å². The van der Waals surface area contributed by atoms with Gasteiger partial charge in [-0.05, 0) is 18.2 Å². The molecule has 0 aliphatic rings. The van der Waals surface area contributed by atoms with Gasteiger partial charge in [0.1, 0.15) is 5.65 Å². The van der Waals surface area contributed by atoms with E-state index in [1.54, 1.807) is 23.0 Å². The van der Waals surface area contributed by atoms with Gasteiger partial charge in [-0.15, -0.1) is 0 Å². The number of carbonyl (C=O) groups excluding carboxylic acids is 1. The van der Waals surface area contributed by atoms with Crippen LogP contribution in [0.2, 0.25) is 0 Å². The quantitative estimate of drug-likeness (QED) is 0.733. The first-order chi connectivity index (χ1) is 9.69. The van der Waals surface area contributed by atoms with Crippen LogP contribution < -0.4 is 0 Å². The molecule has 0 saturated heterocycles. The monoisotopic (exact) mass is 267 g/mol. The highest BCUT2D eigenvalue weighted by molar-refractivity contribution is 5.88. The molecule has 6 heteroatoms. The predicted octanol–water partition coefficient (Wildman–Crippen LogP) is 1.93. The van der Waals surface area contributed by atoms with Crippen LogP contribution in [0.4, 0.5) is 0 Å². The number of carbonyl (C=O) groups is 2. The summed E-state index contributed by atoms with van der Waals surface area (Å²) < 4.78 is 1.73. The van der Waals surface area contributed by atoms with Gasteiger partial charge in [-0.1, -0.05) is 0 Å². The number of hydrogen-bond acceptors (Lipinski definition) is 4. The Kier molecular flexibility index (Phi) is 2.76. The summed E-state index contributed by atoms with van der Waals surface area (Å²) in [5, 5.41) is 9.79. The van der Waals surface area contributed by atoms with Crippen LogP contribution in [0.25, 0.3) is 16.7 Å². The SMILES string of the molecule is O=Cc1cnc2c(ccn2-c2cncc(C(=O)O)c2)c1. The molecular formula is C14H9N3O3. The minimum Gasteiger partial charge on any atom is -0.478 e. The van der Waals surface area contributed by atoms with E-state index in [0.717, 1.165) is 11.7 Å². The molecule has 0 aliphatic carbocycles. The highest BCUT2D eigenvalue weighted by Gasteiger charge is 2.09. The topological polar surface area (TPSA) is 85.1 Å². The van der Waals surface area contributed by atoms with Gasteiger partial charge >= 0.3 is 5.97 Å². The van der Waals surface area contributed by atoms with Crippen molar-refractivity contribution in [2.75, 3.05) is 0 Å². The normalized spacial score (nSPS) is 10.6. The number of fused-ring (bicyclic) bond motifs is 1. The third-order valence-electron chi connectivity index (χ3n) is 2.93. The zero-order valence-electron chi connectivity index (χ0n) is 10.2. The molecular weight excluding hydrogens is 258 g/mol. The fraction of sp³-hybridized carbons (Fsp3) is 0. The predicted molar refractivity (Wildman–Crippen MR) is 71.2 cm³/mol. The van der Waals surface area contributed by atoms with Crippen molar-refractivity contribution < 1.29 is 14.7 Å². The highest BCUT2D eigenvalue weighted by Crippen LogP contribution is 2.19. The molecule has 6 nitrogen and oxygen atoms in total. The largest absolute Gasteiger partial charge is 0.478 e. The minimum atomic E-state index is -1.04. The fourth-order valence-electron chi connectivity index (χ4n) is 1.99. The molecule has 98 valence electrons. The summed E-state index contributed by atoms with van der Waals surface area (Å²) >= 11 is 0. The van der Waals surface area contributed by atoms with Crippen molar-refractivity contribution in [1.82, 2.24) is 14.5 Å². The number of pyridine rings is 2. The lowest BCUT2D eigenvalue weighted by Gasteiger charge is -2.05. The zero-order valence-corrected chi connectivity index (χ0v) is 10.2. The Labute approximate surface area is 113 Å². The lowest BCUT2D eigenvalue weighted by Crippen LogP contribution is -2.01. The van der Waals surface area contributed by atoms with Crippen LogP contribution in [0.1, 0.15) is 20.7 Å². The van der Waals surface area contributed by atoms with Crippen molar-refractivity contribution in [3.8, 4) is 5.69 Å². The lowest BCUT2D eigenvalue weighted by atomic mass is 10.2. The zero-order chi connectivity index (χ0) is 14.1. The van der Waals surface area contributed by atoms with Crippen LogP contribution in [0.5, 0.6) is 0 Å². The van der Waals surface area contributed by atoms with Crippen molar-refractivity contribution in [1.29, 1.82) is 0 Å². The van der Waals surface area contributed by atoms with Gasteiger partial charge in [0.2, 0.25) is 0 Å². The molecule has 0 spiro atoms. The van der Waals surface area contributed by atoms with Gasteiger partial charge in [0.15, 0.2) is 6.29 Å². The molecule has 0 amide bonds. The van der Waals surface area contributed by atoms with Crippen molar-refractivity contribution in [3.63, 3.8) is 0 Å². The van der Waals surface area contributed by atoms with Gasteiger partial charge in [-0.25, -0.2) is 9.78 Å². The maximum absolute atomic E-state index is 11.0.